The predicted molar refractivity (Wildman–Crippen MR) is 136 cm³/mol. The van der Waals surface area contributed by atoms with Gasteiger partial charge in [-0.15, -0.1) is 0 Å². The first kappa shape index (κ1) is 24.0. The van der Waals surface area contributed by atoms with Crippen LogP contribution in [0.15, 0.2) is 72.8 Å². The molecule has 0 amide bonds. The molecule has 4 rings (SSSR count). The largest absolute Gasteiger partial charge is 0.478 e. The number of hydrogen-bond acceptors (Lipinski definition) is 3. The van der Waals surface area contributed by atoms with Crippen molar-refractivity contribution in [3.8, 4) is 22.3 Å². The molecule has 178 valence electrons. The number of hydrogen-bond donors (Lipinski definition) is 2. The minimum atomic E-state index is -0.982. The molecule has 2 N–H and O–H groups in total. The minimum absolute atomic E-state index is 0.234. The average Bonchev–Trinajstić information content (AvgIpc) is 3.22. The number of imidazole rings is 1. The van der Waals surface area contributed by atoms with Crippen molar-refractivity contribution < 1.29 is 19.8 Å². The molecule has 0 aliphatic heterocycles. The summed E-state index contributed by atoms with van der Waals surface area (Å²) in [4.78, 5) is 28.5. The Morgan fingerprint density at radius 3 is 2.11 bits per heavy atom. The Bertz CT molecular complexity index is 1360. The van der Waals surface area contributed by atoms with E-state index in [4.69, 9.17) is 0 Å². The summed E-state index contributed by atoms with van der Waals surface area (Å²) in [7, 11) is 0. The van der Waals surface area contributed by atoms with Crippen LogP contribution >= 0.6 is 0 Å². The molecule has 0 bridgehead atoms. The average molecular weight is 469 g/mol. The Morgan fingerprint density at radius 2 is 1.51 bits per heavy atom. The predicted octanol–water partition coefficient (Wildman–Crippen LogP) is 6.18. The molecule has 0 fully saturated rings. The van der Waals surface area contributed by atoms with Crippen molar-refractivity contribution in [3.63, 3.8) is 0 Å². The lowest BCUT2D eigenvalue weighted by molar-refractivity contribution is 0.0678. The number of nitrogens with zero attached hydrogens (tertiary/aromatic N) is 2. The fourth-order valence-electron chi connectivity index (χ4n) is 4.38. The van der Waals surface area contributed by atoms with E-state index in [-0.39, 0.29) is 11.3 Å². The van der Waals surface area contributed by atoms with Crippen molar-refractivity contribution >= 4 is 11.9 Å². The van der Waals surface area contributed by atoms with Gasteiger partial charge in [0.15, 0.2) is 5.69 Å². The van der Waals surface area contributed by atoms with Gasteiger partial charge in [-0.1, -0.05) is 74.5 Å². The molecule has 3 aromatic carbocycles. The number of aromatic carboxylic acids is 2. The van der Waals surface area contributed by atoms with Crippen molar-refractivity contribution in [1.29, 1.82) is 0 Å². The van der Waals surface area contributed by atoms with Crippen LogP contribution in [0.3, 0.4) is 0 Å². The summed E-state index contributed by atoms with van der Waals surface area (Å²) in [6, 6.07) is 22.8. The molecule has 0 aliphatic carbocycles. The first-order valence-electron chi connectivity index (χ1n) is 11.8. The molecule has 0 unspecified atom stereocenters. The van der Waals surface area contributed by atoms with Crippen LogP contribution in [0.25, 0.3) is 22.3 Å². The molecule has 0 saturated carbocycles. The van der Waals surface area contributed by atoms with Crippen molar-refractivity contribution in [2.75, 3.05) is 0 Å². The number of benzene rings is 3. The van der Waals surface area contributed by atoms with E-state index in [0.717, 1.165) is 34.5 Å². The van der Waals surface area contributed by atoms with Crippen molar-refractivity contribution in [1.82, 2.24) is 9.55 Å². The van der Waals surface area contributed by atoms with E-state index < -0.39 is 11.9 Å². The van der Waals surface area contributed by atoms with E-state index in [2.05, 4.69) is 4.98 Å². The molecule has 1 aromatic heterocycles. The number of rotatable bonds is 9. The van der Waals surface area contributed by atoms with Crippen molar-refractivity contribution in [2.24, 2.45) is 0 Å². The second-order valence-corrected chi connectivity index (χ2v) is 8.45. The number of carboxylic acid groups (broad SMARTS) is 2. The lowest BCUT2D eigenvalue weighted by Crippen LogP contribution is -2.13. The smallest absolute Gasteiger partial charge is 0.354 e. The normalized spacial score (nSPS) is 10.9. The van der Waals surface area contributed by atoms with Gasteiger partial charge >= 0.3 is 11.9 Å². The Labute approximate surface area is 204 Å². The van der Waals surface area contributed by atoms with E-state index in [1.807, 2.05) is 80.6 Å². The van der Waals surface area contributed by atoms with Crippen LogP contribution in [-0.4, -0.2) is 31.7 Å². The van der Waals surface area contributed by atoms with E-state index in [1.54, 1.807) is 10.6 Å². The van der Waals surface area contributed by atoms with Crippen LogP contribution in [0.1, 0.15) is 58.2 Å². The van der Waals surface area contributed by atoms with E-state index >= 15 is 0 Å². The Morgan fingerprint density at radius 1 is 0.829 bits per heavy atom. The monoisotopic (exact) mass is 468 g/mol. The van der Waals surface area contributed by atoms with Crippen molar-refractivity contribution in [3.05, 3.63) is 101 Å². The van der Waals surface area contributed by atoms with Gasteiger partial charge in [0.2, 0.25) is 0 Å². The molecule has 0 atom stereocenters. The van der Waals surface area contributed by atoms with Gasteiger partial charge in [0.25, 0.3) is 0 Å². The number of carboxylic acids is 2. The van der Waals surface area contributed by atoms with E-state index in [1.165, 1.54) is 0 Å². The summed E-state index contributed by atoms with van der Waals surface area (Å²) < 4.78 is 1.79. The highest BCUT2D eigenvalue weighted by Crippen LogP contribution is 2.30. The van der Waals surface area contributed by atoms with Crippen molar-refractivity contribution in [2.45, 2.75) is 39.7 Å². The number of aryl methyl sites for hydroxylation is 2. The molecule has 4 aromatic rings. The summed E-state index contributed by atoms with van der Waals surface area (Å²) >= 11 is 0. The lowest BCUT2D eigenvalue weighted by Gasteiger charge is -2.13. The fourth-order valence-corrected chi connectivity index (χ4v) is 4.38. The van der Waals surface area contributed by atoms with E-state index in [9.17, 15) is 19.8 Å². The van der Waals surface area contributed by atoms with Crippen LogP contribution < -0.4 is 0 Å². The van der Waals surface area contributed by atoms with Gasteiger partial charge in [0.05, 0.1) is 11.3 Å². The van der Waals surface area contributed by atoms with Gasteiger partial charge in [-0.3, -0.25) is 0 Å². The van der Waals surface area contributed by atoms with Gasteiger partial charge in [-0.25, -0.2) is 14.6 Å². The van der Waals surface area contributed by atoms with Crippen LogP contribution in [0, 0.1) is 0 Å². The first-order valence-corrected chi connectivity index (χ1v) is 11.8. The zero-order valence-corrected chi connectivity index (χ0v) is 19.9. The quantitative estimate of drug-likeness (QED) is 0.306. The molecule has 0 spiro atoms. The summed E-state index contributed by atoms with van der Waals surface area (Å²) in [5.74, 6) is -1.18. The maximum Gasteiger partial charge on any atom is 0.354 e. The molecule has 1 heterocycles. The molecule has 0 radical (unpaired) electrons. The standard InChI is InChI=1S/C29H28N2O4/c1-3-8-26-30-25(4-2)27(29(34)35)31(26)18-19-11-13-21(14-12-19)24-17-22(15-16-23(24)28(32)33)20-9-6-5-7-10-20/h5-7,9-17H,3-4,8,18H2,1-2H3,(H,32,33)(H,34,35). The van der Waals surface area contributed by atoms with Gasteiger partial charge in [-0.2, -0.15) is 0 Å². The molecule has 35 heavy (non-hydrogen) atoms. The molecule has 6 heteroatoms. The molecule has 6 nitrogen and oxygen atoms in total. The van der Waals surface area contributed by atoms with Gasteiger partial charge in [0.1, 0.15) is 5.82 Å². The third kappa shape index (κ3) is 5.01. The Kier molecular flexibility index (Phi) is 7.11. The SMILES string of the molecule is CCCc1nc(CC)c(C(=O)O)n1Cc1ccc(-c2cc(-c3ccccc3)ccc2C(=O)O)cc1. The summed E-state index contributed by atoms with van der Waals surface area (Å²) in [5.41, 5.74) is 5.37. The molecule has 0 saturated heterocycles. The second-order valence-electron chi connectivity index (χ2n) is 8.45. The van der Waals surface area contributed by atoms with Crippen LogP contribution in [0.4, 0.5) is 0 Å². The zero-order chi connectivity index (χ0) is 24.9. The number of aromatic nitrogens is 2. The Balaban J connectivity index is 1.71. The Hall–Kier alpha value is -4.19. The highest BCUT2D eigenvalue weighted by molar-refractivity contribution is 5.97. The minimum Gasteiger partial charge on any atom is -0.478 e. The maximum atomic E-state index is 12.0. The maximum absolute atomic E-state index is 12.0. The van der Waals surface area contributed by atoms with Crippen LogP contribution in [-0.2, 0) is 19.4 Å². The first-order chi connectivity index (χ1) is 16.9. The second kappa shape index (κ2) is 10.4. The van der Waals surface area contributed by atoms with Gasteiger partial charge < -0.3 is 14.8 Å². The highest BCUT2D eigenvalue weighted by Gasteiger charge is 2.21. The molecule has 0 aliphatic rings. The van der Waals surface area contributed by atoms with E-state index in [0.29, 0.717) is 30.6 Å². The summed E-state index contributed by atoms with van der Waals surface area (Å²) in [6.45, 7) is 4.34. The fraction of sp³-hybridized carbons (Fsp3) is 0.207. The third-order valence-corrected chi connectivity index (χ3v) is 6.09. The van der Waals surface area contributed by atoms with Crippen LogP contribution in [0.2, 0.25) is 0 Å². The third-order valence-electron chi connectivity index (χ3n) is 6.09. The summed E-state index contributed by atoms with van der Waals surface area (Å²) in [6.07, 6.45) is 2.13. The topological polar surface area (TPSA) is 92.4 Å². The zero-order valence-electron chi connectivity index (χ0n) is 19.9. The summed E-state index contributed by atoms with van der Waals surface area (Å²) in [5, 5.41) is 19.6. The molecular weight excluding hydrogens is 440 g/mol. The highest BCUT2D eigenvalue weighted by atomic mass is 16.4. The van der Waals surface area contributed by atoms with Gasteiger partial charge in [-0.05, 0) is 52.8 Å². The molecular formula is C29H28N2O4. The lowest BCUT2D eigenvalue weighted by atomic mass is 9.94. The van der Waals surface area contributed by atoms with Crippen LogP contribution in [0.5, 0.6) is 0 Å². The van der Waals surface area contributed by atoms with Gasteiger partial charge in [0, 0.05) is 13.0 Å². The number of carbonyl (C=O) groups is 2.